The second kappa shape index (κ2) is 6.55. The molecule has 6 nitrogen and oxygen atoms in total. The molecule has 1 aliphatic rings. The van der Waals surface area contributed by atoms with E-state index in [0.717, 1.165) is 41.2 Å². The third kappa shape index (κ3) is 2.98. The minimum atomic E-state index is 0.436. The van der Waals surface area contributed by atoms with Crippen LogP contribution in [0.1, 0.15) is 24.6 Å². The fraction of sp³-hybridized carbons (Fsp3) is 0.150. The van der Waals surface area contributed by atoms with Crippen molar-refractivity contribution in [1.82, 2.24) is 30.2 Å². The van der Waals surface area contributed by atoms with Crippen molar-refractivity contribution in [3.05, 3.63) is 71.6 Å². The van der Waals surface area contributed by atoms with Crippen molar-refractivity contribution in [3.8, 4) is 28.3 Å². The average molecular weight is 375 g/mol. The second-order valence-corrected chi connectivity index (χ2v) is 6.90. The first-order valence-corrected chi connectivity index (χ1v) is 9.15. The number of benzene rings is 2. The highest BCUT2D eigenvalue weighted by atomic mass is 35.5. The lowest BCUT2D eigenvalue weighted by Gasteiger charge is -2.11. The zero-order valence-corrected chi connectivity index (χ0v) is 15.1. The lowest BCUT2D eigenvalue weighted by atomic mass is 10.1. The van der Waals surface area contributed by atoms with Crippen LogP contribution in [0.15, 0.2) is 60.8 Å². The third-order valence-corrected chi connectivity index (χ3v) is 4.92. The van der Waals surface area contributed by atoms with Crippen molar-refractivity contribution in [1.29, 1.82) is 0 Å². The largest absolute Gasteiger partial charge is 0.240 e. The topological polar surface area (TPSA) is 69.4 Å². The molecule has 2 aromatic carbocycles. The van der Waals surface area contributed by atoms with E-state index in [1.54, 1.807) is 4.68 Å². The first-order valence-electron chi connectivity index (χ1n) is 8.77. The molecule has 0 bridgehead atoms. The van der Waals surface area contributed by atoms with Crippen LogP contribution in [-0.2, 0) is 0 Å². The predicted molar refractivity (Wildman–Crippen MR) is 103 cm³/mol. The number of tetrazole rings is 1. The molecule has 2 aromatic heterocycles. The highest BCUT2D eigenvalue weighted by molar-refractivity contribution is 6.33. The van der Waals surface area contributed by atoms with Gasteiger partial charge in [0.2, 0.25) is 0 Å². The summed E-state index contributed by atoms with van der Waals surface area (Å²) in [5.41, 5.74) is 3.22. The van der Waals surface area contributed by atoms with E-state index in [2.05, 4.69) is 20.5 Å². The van der Waals surface area contributed by atoms with Crippen LogP contribution in [0, 0.1) is 0 Å². The van der Waals surface area contributed by atoms with Gasteiger partial charge in [-0.2, -0.15) is 4.68 Å². The second-order valence-electron chi connectivity index (χ2n) is 6.49. The van der Waals surface area contributed by atoms with E-state index in [-0.39, 0.29) is 0 Å². The molecule has 0 saturated heterocycles. The van der Waals surface area contributed by atoms with Gasteiger partial charge in [0.05, 0.1) is 16.9 Å². The summed E-state index contributed by atoms with van der Waals surface area (Å²) in [7, 11) is 0. The molecule has 0 radical (unpaired) electrons. The zero-order valence-electron chi connectivity index (χ0n) is 14.3. The summed E-state index contributed by atoms with van der Waals surface area (Å²) in [6, 6.07) is 17.4. The van der Waals surface area contributed by atoms with Gasteiger partial charge in [-0.25, -0.2) is 9.97 Å². The number of para-hydroxylation sites is 1. The molecule has 132 valence electrons. The van der Waals surface area contributed by atoms with E-state index in [0.29, 0.717) is 16.8 Å². The van der Waals surface area contributed by atoms with Crippen molar-refractivity contribution < 1.29 is 0 Å². The smallest absolute Gasteiger partial charge is 0.190 e. The Balaban J connectivity index is 1.72. The normalized spacial score (nSPS) is 13.7. The van der Waals surface area contributed by atoms with Gasteiger partial charge in [0.1, 0.15) is 5.82 Å². The van der Waals surface area contributed by atoms with Gasteiger partial charge in [-0.05, 0) is 41.5 Å². The van der Waals surface area contributed by atoms with Gasteiger partial charge in [-0.3, -0.25) is 0 Å². The molecule has 1 fully saturated rings. The van der Waals surface area contributed by atoms with E-state index in [1.165, 1.54) is 0 Å². The Morgan fingerprint density at radius 1 is 0.926 bits per heavy atom. The third-order valence-electron chi connectivity index (χ3n) is 4.59. The van der Waals surface area contributed by atoms with Crippen LogP contribution >= 0.6 is 11.6 Å². The number of nitrogens with zero attached hydrogens (tertiary/aromatic N) is 6. The summed E-state index contributed by atoms with van der Waals surface area (Å²) in [5.74, 6) is 1.87. The molecular weight excluding hydrogens is 360 g/mol. The minimum absolute atomic E-state index is 0.436. The maximum absolute atomic E-state index is 6.48. The fourth-order valence-corrected chi connectivity index (χ4v) is 3.28. The van der Waals surface area contributed by atoms with Crippen molar-refractivity contribution in [2.45, 2.75) is 18.8 Å². The molecule has 5 rings (SSSR count). The van der Waals surface area contributed by atoms with Crippen LogP contribution in [0.3, 0.4) is 0 Å². The quantitative estimate of drug-likeness (QED) is 0.532. The molecular formula is C20H15ClN6. The molecule has 0 N–H and O–H groups in total. The number of rotatable bonds is 4. The standard InChI is InChI=1S/C20H15ClN6/c21-17-9-5-4-8-15(17)18-16(12-22-19(23-18)13-10-11-13)20-24-25-26-27(20)14-6-2-1-3-7-14/h1-9,12-13H,10-11H2. The number of hydrogen-bond donors (Lipinski definition) is 0. The van der Waals surface area contributed by atoms with Gasteiger partial charge in [0.15, 0.2) is 5.82 Å². The van der Waals surface area contributed by atoms with Gasteiger partial charge in [0, 0.05) is 22.7 Å². The van der Waals surface area contributed by atoms with Crippen molar-refractivity contribution in [2.24, 2.45) is 0 Å². The molecule has 7 heteroatoms. The van der Waals surface area contributed by atoms with E-state index >= 15 is 0 Å². The zero-order chi connectivity index (χ0) is 18.2. The molecule has 0 amide bonds. The highest BCUT2D eigenvalue weighted by Crippen LogP contribution is 2.41. The summed E-state index contributed by atoms with van der Waals surface area (Å²) in [6.07, 6.45) is 4.07. The fourth-order valence-electron chi connectivity index (χ4n) is 3.05. The Bertz CT molecular complexity index is 1100. The predicted octanol–water partition coefficient (Wildman–Crippen LogP) is 4.32. The van der Waals surface area contributed by atoms with E-state index in [1.807, 2.05) is 60.8 Å². The molecule has 0 aliphatic heterocycles. The maximum atomic E-state index is 6.48. The lowest BCUT2D eigenvalue weighted by molar-refractivity contribution is 0.791. The van der Waals surface area contributed by atoms with Crippen molar-refractivity contribution >= 4 is 11.6 Å². The number of hydrogen-bond acceptors (Lipinski definition) is 5. The molecule has 0 unspecified atom stereocenters. The Labute approximate surface area is 160 Å². The van der Waals surface area contributed by atoms with Crippen LogP contribution in [0.25, 0.3) is 28.3 Å². The van der Waals surface area contributed by atoms with Gasteiger partial charge >= 0.3 is 0 Å². The van der Waals surface area contributed by atoms with E-state index < -0.39 is 0 Å². The van der Waals surface area contributed by atoms with Crippen molar-refractivity contribution in [2.75, 3.05) is 0 Å². The first kappa shape index (κ1) is 16.1. The van der Waals surface area contributed by atoms with Crippen LogP contribution in [0.2, 0.25) is 5.02 Å². The summed E-state index contributed by atoms with van der Waals surface area (Å²) >= 11 is 6.48. The van der Waals surface area contributed by atoms with Gasteiger partial charge in [-0.1, -0.05) is 48.0 Å². The molecule has 1 saturated carbocycles. The Kier molecular flexibility index (Phi) is 3.90. The van der Waals surface area contributed by atoms with Gasteiger partial charge in [-0.15, -0.1) is 5.10 Å². The van der Waals surface area contributed by atoms with Gasteiger partial charge in [0.25, 0.3) is 0 Å². The summed E-state index contributed by atoms with van der Waals surface area (Å²) in [5, 5.41) is 12.9. The van der Waals surface area contributed by atoms with Gasteiger partial charge < -0.3 is 0 Å². The summed E-state index contributed by atoms with van der Waals surface area (Å²) < 4.78 is 1.69. The average Bonchev–Trinajstić information content (AvgIpc) is 3.45. The minimum Gasteiger partial charge on any atom is -0.240 e. The molecule has 1 aliphatic carbocycles. The SMILES string of the molecule is Clc1ccccc1-c1nc(C2CC2)ncc1-c1nnnn1-c1ccccc1. The lowest BCUT2D eigenvalue weighted by Crippen LogP contribution is -2.04. The number of halogens is 1. The van der Waals surface area contributed by atoms with Crippen LogP contribution in [0.5, 0.6) is 0 Å². The molecule has 4 aromatic rings. The number of aromatic nitrogens is 6. The highest BCUT2D eigenvalue weighted by Gasteiger charge is 2.28. The monoisotopic (exact) mass is 374 g/mol. The summed E-state index contributed by atoms with van der Waals surface area (Å²) in [4.78, 5) is 9.44. The molecule has 0 atom stereocenters. The van der Waals surface area contributed by atoms with Crippen molar-refractivity contribution in [3.63, 3.8) is 0 Å². The van der Waals surface area contributed by atoms with E-state index in [4.69, 9.17) is 16.6 Å². The molecule has 0 spiro atoms. The molecule has 27 heavy (non-hydrogen) atoms. The van der Waals surface area contributed by atoms with Crippen LogP contribution in [-0.4, -0.2) is 30.2 Å². The Morgan fingerprint density at radius 3 is 2.48 bits per heavy atom. The summed E-state index contributed by atoms with van der Waals surface area (Å²) in [6.45, 7) is 0. The molecule has 2 heterocycles. The Hall–Kier alpha value is -3.12. The van der Waals surface area contributed by atoms with E-state index in [9.17, 15) is 0 Å². The van der Waals surface area contributed by atoms with Crippen LogP contribution < -0.4 is 0 Å². The van der Waals surface area contributed by atoms with Crippen LogP contribution in [0.4, 0.5) is 0 Å². The maximum Gasteiger partial charge on any atom is 0.190 e. The Morgan fingerprint density at radius 2 is 1.70 bits per heavy atom. The first-order chi connectivity index (χ1) is 13.3.